The molecule has 0 bridgehead atoms. The summed E-state index contributed by atoms with van der Waals surface area (Å²) in [5, 5.41) is 9.52. The lowest BCUT2D eigenvalue weighted by molar-refractivity contribution is -0.133. The van der Waals surface area contributed by atoms with E-state index in [4.69, 9.17) is 0 Å². The van der Waals surface area contributed by atoms with Gasteiger partial charge in [0.25, 0.3) is 0 Å². The van der Waals surface area contributed by atoms with E-state index in [2.05, 4.69) is 20.9 Å². The van der Waals surface area contributed by atoms with Gasteiger partial charge >= 0.3 is 11.8 Å². The van der Waals surface area contributed by atoms with Crippen molar-refractivity contribution in [2.24, 2.45) is 0 Å². The van der Waals surface area contributed by atoms with Crippen LogP contribution in [0.5, 0.6) is 0 Å². The van der Waals surface area contributed by atoms with Gasteiger partial charge in [-0.25, -0.2) is 4.68 Å². The van der Waals surface area contributed by atoms with Crippen molar-refractivity contribution in [3.8, 4) is 0 Å². The monoisotopic (exact) mass is 277 g/mol. The molecule has 0 saturated carbocycles. The lowest BCUT2D eigenvalue weighted by Crippen LogP contribution is -2.33. The number of nitrogens with one attached hydrogen (secondary N) is 2. The molecule has 0 atom stereocenters. The molecule has 2 N–H and O–H groups in total. The Bertz CT molecular complexity index is 585. The molecule has 2 amide bonds. The van der Waals surface area contributed by atoms with Crippen molar-refractivity contribution in [3.63, 3.8) is 0 Å². The first-order valence-electron chi connectivity index (χ1n) is 5.30. The molecule has 0 aliphatic carbocycles. The van der Waals surface area contributed by atoms with Crippen molar-refractivity contribution in [3.05, 3.63) is 36.9 Å². The molecule has 1 aromatic heterocycles. The van der Waals surface area contributed by atoms with Crippen LogP contribution < -0.4 is 10.7 Å². The van der Waals surface area contributed by atoms with Crippen LogP contribution in [0.1, 0.15) is 0 Å². The third-order valence-corrected chi connectivity index (χ3v) is 2.91. The van der Waals surface area contributed by atoms with Gasteiger partial charge in [0.2, 0.25) is 0 Å². The Morgan fingerprint density at radius 2 is 1.95 bits per heavy atom. The standard InChI is InChI=1S/C11H11N5O2S/c1-19-9-4-2-3-8(5-9)14-10(17)11(18)15-16-6-12-13-7-16/h2-7H,1H3,(H,14,17)(H,15,18). The third kappa shape index (κ3) is 3.55. The maximum Gasteiger partial charge on any atom is 0.328 e. The summed E-state index contributed by atoms with van der Waals surface area (Å²) in [6, 6.07) is 7.22. The topological polar surface area (TPSA) is 88.9 Å². The average molecular weight is 277 g/mol. The molecule has 2 aromatic rings. The molecule has 0 spiro atoms. The molecule has 19 heavy (non-hydrogen) atoms. The summed E-state index contributed by atoms with van der Waals surface area (Å²) in [5.74, 6) is -1.55. The van der Waals surface area contributed by atoms with Crippen molar-refractivity contribution in [2.45, 2.75) is 4.90 Å². The van der Waals surface area contributed by atoms with Crippen LogP contribution in [0, 0.1) is 0 Å². The molecule has 0 aliphatic heterocycles. The smallest absolute Gasteiger partial charge is 0.318 e. The summed E-state index contributed by atoms with van der Waals surface area (Å²) in [5.41, 5.74) is 2.87. The van der Waals surface area contributed by atoms with Gasteiger partial charge in [0.05, 0.1) is 0 Å². The second kappa shape index (κ2) is 6.01. The molecule has 0 unspecified atom stereocenters. The van der Waals surface area contributed by atoms with Gasteiger partial charge in [-0.1, -0.05) is 6.07 Å². The molecule has 1 heterocycles. The van der Waals surface area contributed by atoms with Crippen LogP contribution >= 0.6 is 11.8 Å². The SMILES string of the molecule is CSc1cccc(NC(=O)C(=O)Nn2cnnc2)c1. The first kappa shape index (κ1) is 13.1. The van der Waals surface area contributed by atoms with Gasteiger partial charge in [-0.2, -0.15) is 0 Å². The summed E-state index contributed by atoms with van der Waals surface area (Å²) in [7, 11) is 0. The Kier molecular flexibility index (Phi) is 4.14. The van der Waals surface area contributed by atoms with E-state index < -0.39 is 11.8 Å². The molecule has 0 aliphatic rings. The van der Waals surface area contributed by atoms with Crippen molar-refractivity contribution < 1.29 is 9.59 Å². The number of carbonyl (C=O) groups is 2. The van der Waals surface area contributed by atoms with E-state index in [-0.39, 0.29) is 0 Å². The number of anilines is 1. The number of thioether (sulfide) groups is 1. The van der Waals surface area contributed by atoms with Gasteiger partial charge in [0, 0.05) is 10.6 Å². The first-order valence-corrected chi connectivity index (χ1v) is 6.52. The van der Waals surface area contributed by atoms with Crippen molar-refractivity contribution in [2.75, 3.05) is 17.0 Å². The molecule has 98 valence electrons. The minimum absolute atomic E-state index is 0.566. The highest BCUT2D eigenvalue weighted by atomic mass is 32.2. The molecule has 0 saturated heterocycles. The molecular weight excluding hydrogens is 266 g/mol. The largest absolute Gasteiger partial charge is 0.328 e. The summed E-state index contributed by atoms with van der Waals surface area (Å²) in [4.78, 5) is 24.2. The minimum Gasteiger partial charge on any atom is -0.318 e. The average Bonchev–Trinajstić information content (AvgIpc) is 2.91. The minimum atomic E-state index is -0.797. The molecule has 7 nitrogen and oxygen atoms in total. The van der Waals surface area contributed by atoms with E-state index in [1.54, 1.807) is 30.0 Å². The van der Waals surface area contributed by atoms with E-state index in [9.17, 15) is 9.59 Å². The quantitative estimate of drug-likeness (QED) is 0.637. The zero-order chi connectivity index (χ0) is 13.7. The van der Waals surface area contributed by atoms with Crippen LogP contribution in [0.3, 0.4) is 0 Å². The Morgan fingerprint density at radius 1 is 1.21 bits per heavy atom. The molecule has 8 heteroatoms. The number of hydrogen-bond acceptors (Lipinski definition) is 5. The van der Waals surface area contributed by atoms with Gasteiger partial charge < -0.3 is 5.32 Å². The van der Waals surface area contributed by atoms with Crippen LogP contribution in [-0.2, 0) is 9.59 Å². The Hall–Kier alpha value is -2.35. The highest BCUT2D eigenvalue weighted by Gasteiger charge is 2.14. The first-order chi connectivity index (χ1) is 9.19. The van der Waals surface area contributed by atoms with Crippen LogP contribution in [0.25, 0.3) is 0 Å². The lowest BCUT2D eigenvalue weighted by Gasteiger charge is -2.07. The molecule has 2 rings (SSSR count). The number of amides is 2. The van der Waals surface area contributed by atoms with E-state index >= 15 is 0 Å². The number of benzene rings is 1. The van der Waals surface area contributed by atoms with Gasteiger partial charge in [0.15, 0.2) is 0 Å². The molecular formula is C11H11N5O2S. The summed E-state index contributed by atoms with van der Waals surface area (Å²) in [6.07, 6.45) is 4.48. The fourth-order valence-electron chi connectivity index (χ4n) is 1.32. The Labute approximate surface area is 113 Å². The van der Waals surface area contributed by atoms with Crippen LogP contribution in [-0.4, -0.2) is 32.9 Å². The van der Waals surface area contributed by atoms with Gasteiger partial charge in [-0.05, 0) is 24.5 Å². The maximum absolute atomic E-state index is 11.7. The van der Waals surface area contributed by atoms with E-state index in [0.29, 0.717) is 5.69 Å². The number of hydrogen-bond donors (Lipinski definition) is 2. The summed E-state index contributed by atoms with van der Waals surface area (Å²) in [6.45, 7) is 0. The molecule has 1 aromatic carbocycles. The van der Waals surface area contributed by atoms with Crippen molar-refractivity contribution in [1.29, 1.82) is 0 Å². The normalized spacial score (nSPS) is 9.95. The third-order valence-electron chi connectivity index (χ3n) is 2.18. The van der Waals surface area contributed by atoms with Crippen molar-refractivity contribution in [1.82, 2.24) is 14.9 Å². The Balaban J connectivity index is 1.98. The predicted molar refractivity (Wildman–Crippen MR) is 71.2 cm³/mol. The highest BCUT2D eigenvalue weighted by Crippen LogP contribution is 2.18. The van der Waals surface area contributed by atoms with Crippen LogP contribution in [0.4, 0.5) is 5.69 Å². The van der Waals surface area contributed by atoms with Gasteiger partial charge in [-0.15, -0.1) is 22.0 Å². The molecule has 0 fully saturated rings. The van der Waals surface area contributed by atoms with E-state index in [1.807, 2.05) is 12.3 Å². The van der Waals surface area contributed by atoms with E-state index in [0.717, 1.165) is 4.90 Å². The van der Waals surface area contributed by atoms with Crippen LogP contribution in [0.2, 0.25) is 0 Å². The zero-order valence-electron chi connectivity index (χ0n) is 10.0. The maximum atomic E-state index is 11.7. The van der Waals surface area contributed by atoms with Gasteiger partial charge in [-0.3, -0.25) is 15.0 Å². The second-order valence-corrected chi connectivity index (χ2v) is 4.38. The number of carbonyl (C=O) groups excluding carboxylic acids is 2. The predicted octanol–water partition coefficient (Wildman–Crippen LogP) is 0.709. The van der Waals surface area contributed by atoms with Crippen molar-refractivity contribution >= 4 is 29.3 Å². The zero-order valence-corrected chi connectivity index (χ0v) is 10.8. The van der Waals surface area contributed by atoms with E-state index in [1.165, 1.54) is 17.3 Å². The van der Waals surface area contributed by atoms with Gasteiger partial charge in [0.1, 0.15) is 12.7 Å². The highest BCUT2D eigenvalue weighted by molar-refractivity contribution is 7.98. The fourth-order valence-corrected chi connectivity index (χ4v) is 1.77. The molecule has 0 radical (unpaired) electrons. The summed E-state index contributed by atoms with van der Waals surface area (Å²) >= 11 is 1.55. The Morgan fingerprint density at radius 3 is 2.63 bits per heavy atom. The lowest BCUT2D eigenvalue weighted by atomic mass is 10.3. The number of rotatable bonds is 3. The number of aromatic nitrogens is 3. The number of nitrogens with zero attached hydrogens (tertiary/aromatic N) is 3. The second-order valence-electron chi connectivity index (χ2n) is 3.50. The fraction of sp³-hybridized carbons (Fsp3) is 0.0909. The van der Waals surface area contributed by atoms with Crippen LogP contribution in [0.15, 0.2) is 41.8 Å². The summed E-state index contributed by atoms with van der Waals surface area (Å²) < 4.78 is 1.19.